The summed E-state index contributed by atoms with van der Waals surface area (Å²) in [5, 5.41) is 10.8. The highest BCUT2D eigenvalue weighted by atomic mass is 16.2. The number of nitrogens with two attached hydrogens (primary N) is 1. The van der Waals surface area contributed by atoms with E-state index in [1.165, 1.54) is 4.68 Å². The number of rotatable bonds is 3. The van der Waals surface area contributed by atoms with Gasteiger partial charge in [0.15, 0.2) is 11.5 Å². The number of nitrogen functional groups attached to an aromatic ring is 1. The molecule has 122 valence electrons. The van der Waals surface area contributed by atoms with Crippen LogP contribution in [0.3, 0.4) is 0 Å². The van der Waals surface area contributed by atoms with Gasteiger partial charge >= 0.3 is 0 Å². The van der Waals surface area contributed by atoms with Crippen LogP contribution < -0.4 is 11.1 Å². The molecule has 0 aliphatic heterocycles. The van der Waals surface area contributed by atoms with E-state index < -0.39 is 0 Å². The van der Waals surface area contributed by atoms with Gasteiger partial charge in [-0.05, 0) is 50.1 Å². The van der Waals surface area contributed by atoms with Gasteiger partial charge in [-0.25, -0.2) is 0 Å². The van der Waals surface area contributed by atoms with Crippen molar-refractivity contribution in [2.45, 2.75) is 20.8 Å². The van der Waals surface area contributed by atoms with Crippen molar-refractivity contribution < 1.29 is 4.79 Å². The number of hydrogen-bond acceptors (Lipinski definition) is 4. The van der Waals surface area contributed by atoms with Crippen LogP contribution in [0.5, 0.6) is 0 Å². The summed E-state index contributed by atoms with van der Waals surface area (Å²) in [6.45, 7) is 5.95. The lowest BCUT2D eigenvalue weighted by Crippen LogP contribution is -2.16. The van der Waals surface area contributed by atoms with Crippen LogP contribution in [0.25, 0.3) is 5.69 Å². The van der Waals surface area contributed by atoms with E-state index in [-0.39, 0.29) is 17.4 Å². The van der Waals surface area contributed by atoms with Crippen LogP contribution in [0.1, 0.15) is 27.2 Å². The number of aryl methyl sites for hydroxylation is 2. The number of anilines is 2. The van der Waals surface area contributed by atoms with Gasteiger partial charge in [0.1, 0.15) is 0 Å². The minimum Gasteiger partial charge on any atom is -0.382 e. The van der Waals surface area contributed by atoms with Gasteiger partial charge < -0.3 is 11.1 Å². The predicted molar refractivity (Wildman–Crippen MR) is 94.4 cm³/mol. The molecule has 0 aliphatic rings. The first-order valence-corrected chi connectivity index (χ1v) is 7.63. The van der Waals surface area contributed by atoms with Crippen molar-refractivity contribution in [1.82, 2.24) is 15.0 Å². The molecule has 0 atom stereocenters. The number of carbonyl (C=O) groups is 1. The van der Waals surface area contributed by atoms with Gasteiger partial charge in [-0.3, -0.25) is 4.79 Å². The van der Waals surface area contributed by atoms with Crippen molar-refractivity contribution in [1.29, 1.82) is 0 Å². The number of hydrogen-bond donors (Lipinski definition) is 2. The van der Waals surface area contributed by atoms with Crippen LogP contribution in [0.4, 0.5) is 11.5 Å². The monoisotopic (exact) mass is 321 g/mol. The van der Waals surface area contributed by atoms with E-state index in [9.17, 15) is 4.79 Å². The molecule has 0 saturated carbocycles. The van der Waals surface area contributed by atoms with Crippen LogP contribution in [0.2, 0.25) is 0 Å². The molecule has 2 aromatic carbocycles. The van der Waals surface area contributed by atoms with Crippen LogP contribution in [0.15, 0.2) is 42.5 Å². The first-order valence-electron chi connectivity index (χ1n) is 7.63. The van der Waals surface area contributed by atoms with Crippen LogP contribution in [-0.4, -0.2) is 20.9 Å². The van der Waals surface area contributed by atoms with E-state index in [0.717, 1.165) is 28.1 Å². The summed E-state index contributed by atoms with van der Waals surface area (Å²) in [5.41, 5.74) is 10.9. The van der Waals surface area contributed by atoms with E-state index >= 15 is 0 Å². The average Bonchev–Trinajstić information content (AvgIpc) is 2.94. The third-order valence-corrected chi connectivity index (χ3v) is 4.05. The van der Waals surface area contributed by atoms with Crippen molar-refractivity contribution in [2.75, 3.05) is 11.1 Å². The standard InChI is InChI=1S/C18H19N5O/c1-11-7-9-14(10-8-11)23-17(19)16(21-22-23)18(24)20-15-6-4-5-12(2)13(15)3/h4-10H,19H2,1-3H3,(H,20,24). The maximum Gasteiger partial charge on any atom is 0.280 e. The largest absolute Gasteiger partial charge is 0.382 e. The Morgan fingerprint density at radius 2 is 1.79 bits per heavy atom. The molecule has 1 aromatic heterocycles. The van der Waals surface area contributed by atoms with Crippen LogP contribution in [-0.2, 0) is 0 Å². The molecule has 1 heterocycles. The molecule has 6 nitrogen and oxygen atoms in total. The van der Waals surface area contributed by atoms with E-state index in [0.29, 0.717) is 0 Å². The predicted octanol–water partition coefficient (Wildman–Crippen LogP) is 3.03. The second-order valence-corrected chi connectivity index (χ2v) is 5.77. The molecule has 24 heavy (non-hydrogen) atoms. The fraction of sp³-hybridized carbons (Fsp3) is 0.167. The molecular weight excluding hydrogens is 302 g/mol. The smallest absolute Gasteiger partial charge is 0.280 e. The summed E-state index contributed by atoms with van der Waals surface area (Å²) in [4.78, 5) is 12.5. The highest BCUT2D eigenvalue weighted by Gasteiger charge is 2.19. The maximum absolute atomic E-state index is 12.5. The molecule has 3 aromatic rings. The highest BCUT2D eigenvalue weighted by molar-refractivity contribution is 6.06. The lowest BCUT2D eigenvalue weighted by molar-refractivity contribution is 0.102. The number of nitrogens with one attached hydrogen (secondary N) is 1. The van der Waals surface area contributed by atoms with E-state index in [1.807, 2.05) is 63.2 Å². The zero-order chi connectivity index (χ0) is 17.3. The molecule has 3 rings (SSSR count). The van der Waals surface area contributed by atoms with Gasteiger partial charge in [0, 0.05) is 5.69 Å². The number of amides is 1. The Morgan fingerprint density at radius 3 is 2.50 bits per heavy atom. The molecule has 6 heteroatoms. The van der Waals surface area contributed by atoms with Crippen LogP contribution >= 0.6 is 0 Å². The fourth-order valence-corrected chi connectivity index (χ4v) is 2.40. The quantitative estimate of drug-likeness (QED) is 0.776. The number of benzene rings is 2. The first kappa shape index (κ1) is 15.7. The van der Waals surface area contributed by atoms with Crippen molar-refractivity contribution in [3.8, 4) is 5.69 Å². The summed E-state index contributed by atoms with van der Waals surface area (Å²) < 4.78 is 1.46. The Morgan fingerprint density at radius 1 is 1.08 bits per heavy atom. The molecule has 0 saturated heterocycles. The van der Waals surface area contributed by atoms with Gasteiger partial charge in [0.25, 0.3) is 5.91 Å². The third-order valence-electron chi connectivity index (χ3n) is 4.05. The summed E-state index contributed by atoms with van der Waals surface area (Å²) >= 11 is 0. The topological polar surface area (TPSA) is 85.8 Å². The SMILES string of the molecule is Cc1ccc(-n2nnc(C(=O)Nc3cccc(C)c3C)c2N)cc1. The van der Waals surface area contributed by atoms with E-state index in [2.05, 4.69) is 15.6 Å². The van der Waals surface area contributed by atoms with Crippen LogP contribution in [0, 0.1) is 20.8 Å². The van der Waals surface area contributed by atoms with Gasteiger partial charge in [0.2, 0.25) is 0 Å². The fourth-order valence-electron chi connectivity index (χ4n) is 2.40. The lowest BCUT2D eigenvalue weighted by atomic mass is 10.1. The lowest BCUT2D eigenvalue weighted by Gasteiger charge is -2.09. The second kappa shape index (κ2) is 6.16. The summed E-state index contributed by atoms with van der Waals surface area (Å²) in [6.07, 6.45) is 0. The van der Waals surface area contributed by atoms with Crippen molar-refractivity contribution in [3.63, 3.8) is 0 Å². The molecule has 0 unspecified atom stereocenters. The van der Waals surface area contributed by atoms with E-state index in [4.69, 9.17) is 5.73 Å². The Hall–Kier alpha value is -3.15. The number of nitrogens with zero attached hydrogens (tertiary/aromatic N) is 3. The molecule has 3 N–H and O–H groups in total. The molecule has 0 spiro atoms. The number of aromatic nitrogens is 3. The molecule has 0 aliphatic carbocycles. The van der Waals surface area contributed by atoms with Gasteiger partial charge in [-0.15, -0.1) is 5.10 Å². The first-order chi connectivity index (χ1) is 11.5. The maximum atomic E-state index is 12.5. The summed E-state index contributed by atoms with van der Waals surface area (Å²) in [7, 11) is 0. The summed E-state index contributed by atoms with van der Waals surface area (Å²) in [6, 6.07) is 13.4. The Labute approximate surface area is 140 Å². The Kier molecular flexibility index (Phi) is 4.04. The van der Waals surface area contributed by atoms with Crippen molar-refractivity contribution >= 4 is 17.4 Å². The molecule has 0 radical (unpaired) electrons. The van der Waals surface area contributed by atoms with E-state index in [1.54, 1.807) is 0 Å². The second-order valence-electron chi connectivity index (χ2n) is 5.77. The average molecular weight is 321 g/mol. The zero-order valence-electron chi connectivity index (χ0n) is 13.9. The van der Waals surface area contributed by atoms with Gasteiger partial charge in [-0.1, -0.05) is 35.0 Å². The minimum absolute atomic E-state index is 0.108. The molecular formula is C18H19N5O. The molecule has 0 bridgehead atoms. The normalized spacial score (nSPS) is 10.6. The van der Waals surface area contributed by atoms with Crippen molar-refractivity contribution in [2.24, 2.45) is 0 Å². The molecule has 0 fully saturated rings. The van der Waals surface area contributed by atoms with Gasteiger partial charge in [0.05, 0.1) is 5.69 Å². The summed E-state index contributed by atoms with van der Waals surface area (Å²) in [5.74, 6) is -0.166. The van der Waals surface area contributed by atoms with Gasteiger partial charge in [-0.2, -0.15) is 4.68 Å². The minimum atomic E-state index is -0.375. The Bertz CT molecular complexity index is 896. The third kappa shape index (κ3) is 2.86. The molecule has 1 amide bonds. The highest BCUT2D eigenvalue weighted by Crippen LogP contribution is 2.21. The Balaban J connectivity index is 1.89. The number of carbonyl (C=O) groups excluding carboxylic acids is 1. The zero-order valence-corrected chi connectivity index (χ0v) is 13.9. The van der Waals surface area contributed by atoms with Crippen molar-refractivity contribution in [3.05, 3.63) is 64.8 Å².